The van der Waals surface area contributed by atoms with E-state index in [9.17, 15) is 32.7 Å². The zero-order chi connectivity index (χ0) is 33.5. The number of likely N-dealkylation sites (tertiary alicyclic amines) is 1. The number of amides is 3. The number of aliphatic hydroxyl groups excluding tert-OH is 1. The number of aromatic nitrogens is 2. The Hall–Kier alpha value is -3.85. The quantitative estimate of drug-likeness (QED) is 0.365. The second-order valence-corrected chi connectivity index (χ2v) is 12.6. The highest BCUT2D eigenvalue weighted by molar-refractivity contribution is 6.34. The van der Waals surface area contributed by atoms with Crippen LogP contribution in [0.1, 0.15) is 27.4 Å². The van der Waals surface area contributed by atoms with Gasteiger partial charge in [0.25, 0.3) is 17.7 Å². The maximum atomic E-state index is 14.9. The molecule has 11 nitrogen and oxygen atoms in total. The number of piperazine rings is 1. The lowest BCUT2D eigenvalue weighted by Gasteiger charge is -2.38. The molecule has 0 aliphatic carbocycles. The molecule has 0 bridgehead atoms. The van der Waals surface area contributed by atoms with Crippen LogP contribution < -0.4 is 10.1 Å². The van der Waals surface area contributed by atoms with Gasteiger partial charge in [-0.1, -0.05) is 23.2 Å². The molecule has 3 heterocycles. The number of nitrogens with one attached hydrogen (secondary N) is 1. The van der Waals surface area contributed by atoms with E-state index < -0.39 is 35.2 Å². The lowest BCUT2D eigenvalue weighted by Crippen LogP contribution is -2.58. The molecule has 3 amide bonds. The molecule has 5 rings (SSSR count). The molecule has 2 fully saturated rings. The molecule has 0 radical (unpaired) electrons. The third kappa shape index (κ3) is 6.66. The van der Waals surface area contributed by atoms with Gasteiger partial charge in [-0.3, -0.25) is 14.4 Å². The van der Waals surface area contributed by atoms with Crippen molar-refractivity contribution in [2.24, 2.45) is 7.05 Å². The van der Waals surface area contributed by atoms with Crippen molar-refractivity contribution >= 4 is 46.6 Å². The molecular formula is C30H32Cl2F3N6O5+. The van der Waals surface area contributed by atoms with E-state index in [1.54, 1.807) is 9.80 Å². The number of imidazole rings is 1. The number of ether oxygens (including phenoxy) is 1. The first-order valence-corrected chi connectivity index (χ1v) is 15.1. The zero-order valence-electron chi connectivity index (χ0n) is 25.1. The van der Waals surface area contributed by atoms with Crippen LogP contribution >= 0.6 is 23.2 Å². The van der Waals surface area contributed by atoms with E-state index in [1.807, 2.05) is 14.1 Å². The minimum atomic E-state index is -3.19. The number of aliphatic hydroxyl groups is 1. The first-order chi connectivity index (χ1) is 21.7. The van der Waals surface area contributed by atoms with E-state index in [4.69, 9.17) is 23.2 Å². The molecule has 3 aromatic rings. The molecule has 2 saturated heterocycles. The first kappa shape index (κ1) is 33.5. The molecule has 16 heteroatoms. The Labute approximate surface area is 272 Å². The van der Waals surface area contributed by atoms with E-state index in [2.05, 4.69) is 15.0 Å². The van der Waals surface area contributed by atoms with E-state index >= 15 is 0 Å². The smallest absolute Gasteiger partial charge is 0.387 e. The average molecular weight is 685 g/mol. The summed E-state index contributed by atoms with van der Waals surface area (Å²) in [7, 11) is 5.32. The average Bonchev–Trinajstić information content (AvgIpc) is 3.51. The molecule has 0 unspecified atom stereocenters. The van der Waals surface area contributed by atoms with Crippen LogP contribution in [0.15, 0.2) is 36.5 Å². The predicted octanol–water partition coefficient (Wildman–Crippen LogP) is 3.88. The van der Waals surface area contributed by atoms with Gasteiger partial charge in [0.15, 0.2) is 17.7 Å². The number of benzene rings is 2. The van der Waals surface area contributed by atoms with Crippen LogP contribution in [0.4, 0.5) is 18.9 Å². The number of hydrogen-bond donors (Lipinski definition) is 2. The second kappa shape index (κ2) is 13.1. The number of rotatable bonds is 7. The predicted molar refractivity (Wildman–Crippen MR) is 164 cm³/mol. The van der Waals surface area contributed by atoms with Gasteiger partial charge in [-0.2, -0.15) is 8.78 Å². The van der Waals surface area contributed by atoms with Crippen LogP contribution in [0.25, 0.3) is 11.3 Å². The fourth-order valence-electron chi connectivity index (χ4n) is 5.94. The summed E-state index contributed by atoms with van der Waals surface area (Å²) in [6, 6.07) is 6.37. The van der Waals surface area contributed by atoms with E-state index in [0.717, 1.165) is 6.07 Å². The minimum Gasteiger partial charge on any atom is -0.433 e. The van der Waals surface area contributed by atoms with E-state index in [0.29, 0.717) is 43.6 Å². The molecule has 2 atom stereocenters. The van der Waals surface area contributed by atoms with Crippen molar-refractivity contribution in [1.82, 2.24) is 19.4 Å². The van der Waals surface area contributed by atoms with Gasteiger partial charge < -0.3 is 34.0 Å². The second-order valence-electron chi connectivity index (χ2n) is 11.8. The first-order valence-electron chi connectivity index (χ1n) is 14.3. The molecular weight excluding hydrogens is 652 g/mol. The van der Waals surface area contributed by atoms with Crippen LogP contribution in [0, 0.1) is 5.82 Å². The number of alkyl halides is 2. The maximum Gasteiger partial charge on any atom is 0.387 e. The summed E-state index contributed by atoms with van der Waals surface area (Å²) in [5, 5.41) is 12.2. The van der Waals surface area contributed by atoms with Gasteiger partial charge in [0.05, 0.1) is 36.6 Å². The standard InChI is InChI=1S/C30H31Cl2F3N6O5/c1-38-21(19-6-7-23(46-30(34)35)24(32)25(19)33)14-36-26(38)27(43)37-16-4-5-18(20(31)12-16)28(44)39-8-10-40(11-9-39)29(45)22-13-17(42)15-41(22,2)3/h4-7,12,14,17,22,30,42H,8-11,13,15H2,1-3H3/p+1/t17-,22+/m1/s1. The van der Waals surface area contributed by atoms with Gasteiger partial charge in [0.1, 0.15) is 23.4 Å². The number of likely N-dealkylation sites (N-methyl/N-ethyl adjacent to an activating group) is 1. The molecule has 0 saturated carbocycles. The summed E-state index contributed by atoms with van der Waals surface area (Å²) in [5.41, 5.74) is 0.561. The third-order valence-corrected chi connectivity index (χ3v) is 9.04. The maximum absolute atomic E-state index is 14.9. The zero-order valence-corrected chi connectivity index (χ0v) is 26.7. The Morgan fingerprint density at radius 3 is 2.37 bits per heavy atom. The van der Waals surface area contributed by atoms with Crippen LogP contribution in [-0.4, -0.2) is 112 Å². The van der Waals surface area contributed by atoms with Crippen LogP contribution in [-0.2, 0) is 11.8 Å². The summed E-state index contributed by atoms with van der Waals surface area (Å²) >= 11 is 12.3. The fourth-order valence-corrected chi connectivity index (χ4v) is 6.41. The molecule has 2 N–H and O–H groups in total. The summed E-state index contributed by atoms with van der Waals surface area (Å²) in [4.78, 5) is 46.9. The van der Waals surface area contributed by atoms with Gasteiger partial charge in [0, 0.05) is 50.9 Å². The van der Waals surface area contributed by atoms with Crippen molar-refractivity contribution in [3.05, 3.63) is 63.8 Å². The SMILES string of the molecule is Cn1c(-c2ccc(OC(F)F)c(Cl)c2F)cnc1C(=O)Nc1ccc(C(=O)N2CCN(C(=O)[C@@H]3C[C@@H](O)C[N+]3(C)C)CC2)c(Cl)c1. The number of hydrogen-bond acceptors (Lipinski definition) is 6. The number of anilines is 1. The third-order valence-electron chi connectivity index (χ3n) is 8.37. The van der Waals surface area contributed by atoms with Crippen LogP contribution in [0.3, 0.4) is 0 Å². The van der Waals surface area contributed by atoms with E-state index in [-0.39, 0.29) is 51.2 Å². The van der Waals surface area contributed by atoms with Crippen LogP contribution in [0.2, 0.25) is 10.0 Å². The summed E-state index contributed by atoms with van der Waals surface area (Å²) < 4.78 is 46.0. The highest BCUT2D eigenvalue weighted by Crippen LogP contribution is 2.35. The van der Waals surface area contributed by atoms with Crippen molar-refractivity contribution in [1.29, 1.82) is 0 Å². The van der Waals surface area contributed by atoms with Gasteiger partial charge in [0.2, 0.25) is 0 Å². The lowest BCUT2D eigenvalue weighted by atomic mass is 10.1. The minimum absolute atomic E-state index is 0.0297. The number of quaternary nitrogens is 1. The lowest BCUT2D eigenvalue weighted by molar-refractivity contribution is -0.894. The van der Waals surface area contributed by atoms with Crippen molar-refractivity contribution in [3.8, 4) is 17.0 Å². The monoisotopic (exact) mass is 683 g/mol. The van der Waals surface area contributed by atoms with Crippen molar-refractivity contribution < 1.29 is 41.9 Å². The highest BCUT2D eigenvalue weighted by Gasteiger charge is 2.46. The largest absolute Gasteiger partial charge is 0.433 e. The van der Waals surface area contributed by atoms with Gasteiger partial charge >= 0.3 is 6.61 Å². The fraction of sp³-hybridized carbons (Fsp3) is 0.400. The van der Waals surface area contributed by atoms with Crippen molar-refractivity contribution in [3.63, 3.8) is 0 Å². The summed E-state index contributed by atoms with van der Waals surface area (Å²) in [5.74, 6) is -2.66. The number of carbonyl (C=O) groups excluding carboxylic acids is 3. The molecule has 1 aromatic heterocycles. The van der Waals surface area contributed by atoms with Gasteiger partial charge in [-0.05, 0) is 30.3 Å². The van der Waals surface area contributed by atoms with Crippen molar-refractivity contribution in [2.45, 2.75) is 25.2 Å². The molecule has 2 aliphatic rings. The summed E-state index contributed by atoms with van der Waals surface area (Å²) in [6.07, 6.45) is 1.12. The van der Waals surface area contributed by atoms with E-state index in [1.165, 1.54) is 42.1 Å². The van der Waals surface area contributed by atoms with Crippen molar-refractivity contribution in [2.75, 3.05) is 52.1 Å². The van der Waals surface area contributed by atoms with Gasteiger partial charge in [-0.15, -0.1) is 0 Å². The summed E-state index contributed by atoms with van der Waals surface area (Å²) in [6.45, 7) is -1.32. The topological polar surface area (TPSA) is 117 Å². The highest BCUT2D eigenvalue weighted by atomic mass is 35.5. The molecule has 46 heavy (non-hydrogen) atoms. The van der Waals surface area contributed by atoms with Crippen LogP contribution in [0.5, 0.6) is 5.75 Å². The normalized spacial score (nSPS) is 19.4. The molecule has 246 valence electrons. The number of halogens is 5. The Morgan fingerprint density at radius 2 is 1.76 bits per heavy atom. The Morgan fingerprint density at radius 1 is 1.09 bits per heavy atom. The number of carbonyl (C=O) groups is 3. The molecule has 0 spiro atoms. The Balaban J connectivity index is 1.22. The molecule has 2 aromatic carbocycles. The number of nitrogens with zero attached hydrogens (tertiary/aromatic N) is 5. The molecule has 2 aliphatic heterocycles. The van der Waals surface area contributed by atoms with Gasteiger partial charge in [-0.25, -0.2) is 9.37 Å². The Bertz CT molecular complexity index is 1680. The Kier molecular flexibility index (Phi) is 9.55.